The molecule has 0 aliphatic heterocycles. The van der Waals surface area contributed by atoms with E-state index in [-0.39, 0.29) is 6.61 Å². The van der Waals surface area contributed by atoms with E-state index in [4.69, 9.17) is 51.5 Å². The van der Waals surface area contributed by atoms with Crippen molar-refractivity contribution in [2.24, 2.45) is 0 Å². The summed E-state index contributed by atoms with van der Waals surface area (Å²) in [6, 6.07) is 6.39. The maximum Gasteiger partial charge on any atom is 0.0922 e. The fourth-order valence-electron chi connectivity index (χ4n) is 1.51. The summed E-state index contributed by atoms with van der Waals surface area (Å²) in [6.07, 6.45) is 0. The van der Waals surface area contributed by atoms with E-state index in [9.17, 15) is 0 Å². The number of aromatic nitrogens is 1. The SMILES string of the molecule is OCc1ccc(Cl)c(-c2c(Cl)cc(Cl)cc2Cl)n1. The van der Waals surface area contributed by atoms with Crippen LogP contribution in [0.4, 0.5) is 0 Å². The van der Waals surface area contributed by atoms with Gasteiger partial charge in [-0.3, -0.25) is 0 Å². The molecule has 2 aromatic rings. The minimum Gasteiger partial charge on any atom is -0.390 e. The second-order valence-electron chi connectivity index (χ2n) is 3.54. The molecule has 0 saturated heterocycles. The standard InChI is InChI=1S/C12H7Cl4NO/c13-6-3-9(15)11(10(16)4-6)12-8(14)2-1-7(5-18)17-12/h1-4,18H,5H2. The lowest BCUT2D eigenvalue weighted by Crippen LogP contribution is -1.94. The number of pyridine rings is 1. The Labute approximate surface area is 124 Å². The smallest absolute Gasteiger partial charge is 0.0922 e. The van der Waals surface area contributed by atoms with Gasteiger partial charge in [0.2, 0.25) is 0 Å². The molecule has 2 rings (SSSR count). The second kappa shape index (κ2) is 5.64. The van der Waals surface area contributed by atoms with Crippen LogP contribution in [0.1, 0.15) is 5.69 Å². The summed E-state index contributed by atoms with van der Waals surface area (Å²) >= 11 is 24.1. The molecule has 18 heavy (non-hydrogen) atoms. The summed E-state index contributed by atoms with van der Waals surface area (Å²) in [5.74, 6) is 0. The Bertz CT molecular complexity index is 578. The third-order valence-electron chi connectivity index (χ3n) is 2.31. The highest BCUT2D eigenvalue weighted by molar-refractivity contribution is 6.42. The maximum absolute atomic E-state index is 9.09. The van der Waals surface area contributed by atoms with Gasteiger partial charge < -0.3 is 5.11 Å². The first kappa shape index (κ1) is 13.9. The largest absolute Gasteiger partial charge is 0.390 e. The van der Waals surface area contributed by atoms with Crippen LogP contribution in [0.15, 0.2) is 24.3 Å². The van der Waals surface area contributed by atoms with Gasteiger partial charge >= 0.3 is 0 Å². The number of hydrogen-bond donors (Lipinski definition) is 1. The molecule has 0 fully saturated rings. The van der Waals surface area contributed by atoms with E-state index >= 15 is 0 Å². The Morgan fingerprint density at radius 3 is 2.11 bits per heavy atom. The van der Waals surface area contributed by atoms with Gasteiger partial charge in [0, 0.05) is 10.6 Å². The monoisotopic (exact) mass is 321 g/mol. The fourth-order valence-corrected chi connectivity index (χ4v) is 2.71. The number of hydrogen-bond acceptors (Lipinski definition) is 2. The Hall–Kier alpha value is -0.510. The average Bonchev–Trinajstić information content (AvgIpc) is 2.30. The molecular weight excluding hydrogens is 316 g/mol. The second-order valence-corrected chi connectivity index (χ2v) is 5.19. The number of aliphatic hydroxyl groups excluding tert-OH is 1. The van der Waals surface area contributed by atoms with E-state index in [2.05, 4.69) is 4.98 Å². The average molecular weight is 323 g/mol. The highest BCUT2D eigenvalue weighted by atomic mass is 35.5. The highest BCUT2D eigenvalue weighted by Crippen LogP contribution is 2.39. The van der Waals surface area contributed by atoms with Crippen molar-refractivity contribution in [1.29, 1.82) is 0 Å². The van der Waals surface area contributed by atoms with Gasteiger partial charge in [0.25, 0.3) is 0 Å². The van der Waals surface area contributed by atoms with Gasteiger partial charge in [-0.05, 0) is 24.3 Å². The minimum absolute atomic E-state index is 0.188. The van der Waals surface area contributed by atoms with Gasteiger partial charge in [0.1, 0.15) is 0 Å². The normalized spacial score (nSPS) is 10.7. The molecule has 6 heteroatoms. The Kier molecular flexibility index (Phi) is 4.36. The lowest BCUT2D eigenvalue weighted by Gasteiger charge is -2.10. The van der Waals surface area contributed by atoms with E-state index in [0.717, 1.165) is 0 Å². The molecule has 2 nitrogen and oxygen atoms in total. The molecule has 0 saturated carbocycles. The Morgan fingerprint density at radius 2 is 1.56 bits per heavy atom. The first-order valence-corrected chi connectivity index (χ1v) is 6.45. The molecule has 0 amide bonds. The van der Waals surface area contributed by atoms with E-state index < -0.39 is 0 Å². The number of aliphatic hydroxyl groups is 1. The zero-order valence-corrected chi connectivity index (χ0v) is 11.9. The molecular formula is C12H7Cl4NO. The van der Waals surface area contributed by atoms with Crippen LogP contribution in [-0.2, 0) is 6.61 Å². The van der Waals surface area contributed by atoms with Crippen LogP contribution in [0.5, 0.6) is 0 Å². The molecule has 0 atom stereocenters. The number of nitrogens with zero attached hydrogens (tertiary/aromatic N) is 1. The number of rotatable bonds is 2. The van der Waals surface area contributed by atoms with Gasteiger partial charge in [-0.15, -0.1) is 0 Å². The fraction of sp³-hybridized carbons (Fsp3) is 0.0833. The summed E-state index contributed by atoms with van der Waals surface area (Å²) in [6.45, 7) is -0.188. The van der Waals surface area contributed by atoms with E-state index in [1.165, 1.54) is 0 Å². The van der Waals surface area contributed by atoms with Crippen molar-refractivity contribution >= 4 is 46.4 Å². The van der Waals surface area contributed by atoms with Crippen LogP contribution >= 0.6 is 46.4 Å². The van der Waals surface area contributed by atoms with E-state index in [1.807, 2.05) is 0 Å². The van der Waals surface area contributed by atoms with Crippen LogP contribution in [0.25, 0.3) is 11.3 Å². The van der Waals surface area contributed by atoms with Crippen LogP contribution < -0.4 is 0 Å². The van der Waals surface area contributed by atoms with Gasteiger partial charge in [-0.2, -0.15) is 0 Å². The van der Waals surface area contributed by atoms with Crippen molar-refractivity contribution in [3.8, 4) is 11.3 Å². The molecule has 1 aromatic carbocycles. The Morgan fingerprint density at radius 1 is 0.944 bits per heavy atom. The lowest BCUT2D eigenvalue weighted by molar-refractivity contribution is 0.277. The van der Waals surface area contributed by atoms with Crippen molar-refractivity contribution in [1.82, 2.24) is 4.98 Å². The summed E-state index contributed by atoms with van der Waals surface area (Å²) in [7, 11) is 0. The summed E-state index contributed by atoms with van der Waals surface area (Å²) < 4.78 is 0. The predicted octanol–water partition coefficient (Wildman–Crippen LogP) is 4.85. The van der Waals surface area contributed by atoms with Crippen molar-refractivity contribution < 1.29 is 5.11 Å². The first-order valence-electron chi connectivity index (χ1n) is 4.94. The summed E-state index contributed by atoms with van der Waals surface area (Å²) in [4.78, 5) is 4.22. The van der Waals surface area contributed by atoms with Gasteiger partial charge in [-0.1, -0.05) is 46.4 Å². The topological polar surface area (TPSA) is 33.1 Å². The molecule has 0 bridgehead atoms. The first-order chi connectivity index (χ1) is 8.52. The molecule has 1 aromatic heterocycles. The van der Waals surface area contributed by atoms with Crippen molar-refractivity contribution in [2.75, 3.05) is 0 Å². The van der Waals surface area contributed by atoms with E-state index in [0.29, 0.717) is 37.0 Å². The van der Waals surface area contributed by atoms with Crippen molar-refractivity contribution in [3.63, 3.8) is 0 Å². The quantitative estimate of drug-likeness (QED) is 0.857. The lowest BCUT2D eigenvalue weighted by atomic mass is 10.1. The van der Waals surface area contributed by atoms with Gasteiger partial charge in [0.15, 0.2) is 0 Å². The van der Waals surface area contributed by atoms with Crippen LogP contribution in [0.2, 0.25) is 20.1 Å². The van der Waals surface area contributed by atoms with Crippen LogP contribution in [0.3, 0.4) is 0 Å². The molecule has 0 aliphatic rings. The predicted molar refractivity (Wildman–Crippen MR) is 75.6 cm³/mol. The Balaban J connectivity index is 2.68. The van der Waals surface area contributed by atoms with Crippen LogP contribution in [0, 0.1) is 0 Å². The van der Waals surface area contributed by atoms with Gasteiger partial charge in [0.05, 0.1) is 33.1 Å². The molecule has 1 heterocycles. The molecule has 94 valence electrons. The number of benzene rings is 1. The van der Waals surface area contributed by atoms with Gasteiger partial charge in [-0.25, -0.2) is 4.98 Å². The van der Waals surface area contributed by atoms with Crippen molar-refractivity contribution in [2.45, 2.75) is 6.61 Å². The van der Waals surface area contributed by atoms with Crippen LogP contribution in [-0.4, -0.2) is 10.1 Å². The zero-order valence-electron chi connectivity index (χ0n) is 8.92. The van der Waals surface area contributed by atoms with E-state index in [1.54, 1.807) is 24.3 Å². The molecule has 0 radical (unpaired) electrons. The third-order valence-corrected chi connectivity index (χ3v) is 3.43. The minimum atomic E-state index is -0.188. The molecule has 1 N–H and O–H groups in total. The zero-order chi connectivity index (χ0) is 13.3. The molecule has 0 aliphatic carbocycles. The maximum atomic E-state index is 9.09. The van der Waals surface area contributed by atoms with Crippen molar-refractivity contribution in [3.05, 3.63) is 50.0 Å². The molecule has 0 spiro atoms. The number of halogens is 4. The summed E-state index contributed by atoms with van der Waals surface area (Å²) in [5.41, 5.74) is 1.41. The highest BCUT2D eigenvalue weighted by Gasteiger charge is 2.15. The molecule has 0 unspecified atom stereocenters. The summed E-state index contributed by atoms with van der Waals surface area (Å²) in [5, 5.41) is 10.6. The third kappa shape index (κ3) is 2.73.